The highest BCUT2D eigenvalue weighted by molar-refractivity contribution is 4.80. The van der Waals surface area contributed by atoms with Crippen molar-refractivity contribution in [3.05, 3.63) is 0 Å². The molecule has 1 fully saturated rings. The summed E-state index contributed by atoms with van der Waals surface area (Å²) in [6, 6.07) is 0. The summed E-state index contributed by atoms with van der Waals surface area (Å²) < 4.78 is 40.0. The summed E-state index contributed by atoms with van der Waals surface area (Å²) in [6.45, 7) is 0.393. The van der Waals surface area contributed by atoms with Crippen molar-refractivity contribution in [2.24, 2.45) is 11.7 Å². The van der Waals surface area contributed by atoms with Gasteiger partial charge in [0.1, 0.15) is 0 Å². The highest BCUT2D eigenvalue weighted by atomic mass is 19.4. The molecule has 2 N–H and O–H groups in total. The van der Waals surface area contributed by atoms with Crippen molar-refractivity contribution in [2.45, 2.75) is 31.5 Å². The third kappa shape index (κ3) is 3.95. The van der Waals surface area contributed by atoms with Crippen LogP contribution < -0.4 is 5.73 Å². The second kappa shape index (κ2) is 4.28. The lowest BCUT2D eigenvalue weighted by atomic mass is 9.82. The zero-order valence-corrected chi connectivity index (χ0v) is 7.31. The molecule has 1 aliphatic rings. The first kappa shape index (κ1) is 10.8. The van der Waals surface area contributed by atoms with E-state index in [-0.39, 0.29) is 12.7 Å². The highest BCUT2D eigenvalue weighted by Crippen LogP contribution is 2.29. The minimum absolute atomic E-state index is 0.0101. The monoisotopic (exact) mass is 197 g/mol. The van der Waals surface area contributed by atoms with E-state index in [1.54, 1.807) is 0 Å². The minimum Gasteiger partial charge on any atom is -0.378 e. The van der Waals surface area contributed by atoms with Gasteiger partial charge in [0.25, 0.3) is 0 Å². The zero-order valence-electron chi connectivity index (χ0n) is 7.31. The van der Waals surface area contributed by atoms with E-state index in [4.69, 9.17) is 10.5 Å². The summed E-state index contributed by atoms with van der Waals surface area (Å²) >= 11 is 0. The number of ether oxygens (including phenoxy) is 1. The molecule has 2 nitrogen and oxygen atoms in total. The van der Waals surface area contributed by atoms with Crippen LogP contribution in [0, 0.1) is 5.92 Å². The number of rotatable bonds is 4. The second-order valence-electron chi connectivity index (χ2n) is 3.43. The predicted octanol–water partition coefficient (Wildman–Crippen LogP) is 1.69. The summed E-state index contributed by atoms with van der Waals surface area (Å²) in [5.41, 5.74) is 5.36. The Morgan fingerprint density at radius 3 is 2.38 bits per heavy atom. The van der Waals surface area contributed by atoms with Gasteiger partial charge in [-0.2, -0.15) is 13.2 Å². The van der Waals surface area contributed by atoms with Gasteiger partial charge in [-0.25, -0.2) is 0 Å². The number of halogens is 3. The first-order valence-corrected chi connectivity index (χ1v) is 4.39. The Balaban J connectivity index is 1.97. The van der Waals surface area contributed by atoms with E-state index < -0.39 is 12.6 Å². The molecule has 0 atom stereocenters. The normalized spacial score (nSPS) is 28.6. The molecule has 0 aromatic heterocycles. The van der Waals surface area contributed by atoms with Gasteiger partial charge in [-0.3, -0.25) is 0 Å². The summed E-state index contributed by atoms with van der Waals surface area (Å²) in [6.07, 6.45) is -3.31. The Hall–Kier alpha value is -0.290. The molecule has 1 saturated carbocycles. The molecule has 0 heterocycles. The quantitative estimate of drug-likeness (QED) is 0.744. The fourth-order valence-corrected chi connectivity index (χ4v) is 1.34. The van der Waals surface area contributed by atoms with Crippen LogP contribution in [0.4, 0.5) is 13.2 Å². The van der Waals surface area contributed by atoms with Gasteiger partial charge < -0.3 is 10.5 Å². The smallest absolute Gasteiger partial charge is 0.378 e. The number of nitrogens with two attached hydrogens (primary N) is 1. The number of hydrogen-bond donors (Lipinski definition) is 1. The lowest BCUT2D eigenvalue weighted by molar-refractivity contribution is -0.154. The molecule has 78 valence electrons. The fraction of sp³-hybridized carbons (Fsp3) is 1.00. The Morgan fingerprint density at radius 2 is 1.92 bits per heavy atom. The predicted molar refractivity (Wildman–Crippen MR) is 42.2 cm³/mol. The van der Waals surface area contributed by atoms with Crippen LogP contribution >= 0.6 is 0 Å². The molecule has 0 bridgehead atoms. The topological polar surface area (TPSA) is 35.2 Å². The lowest BCUT2D eigenvalue weighted by Crippen LogP contribution is -2.36. The Kier molecular flexibility index (Phi) is 3.55. The Bertz CT molecular complexity index is 154. The first-order chi connectivity index (χ1) is 6.01. The Morgan fingerprint density at radius 1 is 1.31 bits per heavy atom. The molecule has 1 rings (SSSR count). The molecule has 13 heavy (non-hydrogen) atoms. The molecular formula is C8H14F3NO. The molecule has 5 heteroatoms. The van der Waals surface area contributed by atoms with E-state index in [0.29, 0.717) is 12.5 Å². The van der Waals surface area contributed by atoms with E-state index in [2.05, 4.69) is 0 Å². The van der Waals surface area contributed by atoms with Crippen molar-refractivity contribution >= 4 is 0 Å². The molecule has 0 radical (unpaired) electrons. The SMILES string of the molecule is NCC1CC(OCCC(F)(F)F)C1. The first-order valence-electron chi connectivity index (χ1n) is 4.39. The third-order valence-electron chi connectivity index (χ3n) is 2.26. The van der Waals surface area contributed by atoms with Gasteiger partial charge in [0.2, 0.25) is 0 Å². The molecule has 0 spiro atoms. The maximum atomic E-state index is 11.7. The number of hydrogen-bond acceptors (Lipinski definition) is 2. The molecule has 0 amide bonds. The van der Waals surface area contributed by atoms with Crippen LogP contribution in [0.1, 0.15) is 19.3 Å². The standard InChI is InChI=1S/C8H14F3NO/c9-8(10,11)1-2-13-7-3-6(4-7)5-12/h6-7H,1-5,12H2. The van der Waals surface area contributed by atoms with Crippen molar-refractivity contribution in [1.82, 2.24) is 0 Å². The summed E-state index contributed by atoms with van der Waals surface area (Å²) in [4.78, 5) is 0. The Labute approximate surface area is 75.2 Å². The second-order valence-corrected chi connectivity index (χ2v) is 3.43. The maximum absolute atomic E-state index is 11.7. The highest BCUT2D eigenvalue weighted by Gasteiger charge is 2.31. The van der Waals surface area contributed by atoms with Crippen LogP contribution in [-0.2, 0) is 4.74 Å². The zero-order chi connectivity index (χ0) is 9.90. The molecule has 0 saturated heterocycles. The van der Waals surface area contributed by atoms with Crippen LogP contribution in [0.5, 0.6) is 0 Å². The minimum atomic E-state index is -4.10. The summed E-state index contributed by atoms with van der Waals surface area (Å²) in [5.74, 6) is 0.455. The molecule has 0 aliphatic heterocycles. The average Bonchev–Trinajstić information content (AvgIpc) is 1.91. The van der Waals surface area contributed by atoms with Gasteiger partial charge in [0.05, 0.1) is 19.1 Å². The van der Waals surface area contributed by atoms with E-state index in [1.165, 1.54) is 0 Å². The van der Waals surface area contributed by atoms with Gasteiger partial charge in [-0.1, -0.05) is 0 Å². The van der Waals surface area contributed by atoms with Crippen molar-refractivity contribution in [3.63, 3.8) is 0 Å². The molecular weight excluding hydrogens is 183 g/mol. The summed E-state index contributed by atoms with van der Waals surface area (Å²) in [7, 11) is 0. The fourth-order valence-electron chi connectivity index (χ4n) is 1.34. The van der Waals surface area contributed by atoms with Crippen LogP contribution in [0.2, 0.25) is 0 Å². The van der Waals surface area contributed by atoms with Gasteiger partial charge in [-0.05, 0) is 25.3 Å². The maximum Gasteiger partial charge on any atom is 0.391 e. The van der Waals surface area contributed by atoms with Gasteiger partial charge >= 0.3 is 6.18 Å². The largest absolute Gasteiger partial charge is 0.391 e. The van der Waals surface area contributed by atoms with Crippen LogP contribution in [-0.4, -0.2) is 25.4 Å². The van der Waals surface area contributed by atoms with Gasteiger partial charge in [0, 0.05) is 0 Å². The van der Waals surface area contributed by atoms with Crippen LogP contribution in [0.25, 0.3) is 0 Å². The lowest BCUT2D eigenvalue weighted by Gasteiger charge is -2.34. The van der Waals surface area contributed by atoms with Crippen molar-refractivity contribution in [1.29, 1.82) is 0 Å². The van der Waals surface area contributed by atoms with Gasteiger partial charge in [0.15, 0.2) is 0 Å². The van der Waals surface area contributed by atoms with Gasteiger partial charge in [-0.15, -0.1) is 0 Å². The summed E-state index contributed by atoms with van der Waals surface area (Å²) in [5, 5.41) is 0. The molecule has 0 unspecified atom stereocenters. The van der Waals surface area contributed by atoms with Crippen molar-refractivity contribution in [3.8, 4) is 0 Å². The average molecular weight is 197 g/mol. The van der Waals surface area contributed by atoms with Crippen molar-refractivity contribution < 1.29 is 17.9 Å². The van der Waals surface area contributed by atoms with Crippen LogP contribution in [0.15, 0.2) is 0 Å². The molecule has 1 aliphatic carbocycles. The van der Waals surface area contributed by atoms with Crippen LogP contribution in [0.3, 0.4) is 0 Å². The molecule has 0 aromatic carbocycles. The van der Waals surface area contributed by atoms with E-state index in [1.807, 2.05) is 0 Å². The van der Waals surface area contributed by atoms with Crippen molar-refractivity contribution in [2.75, 3.05) is 13.2 Å². The molecule has 0 aromatic rings. The third-order valence-corrected chi connectivity index (χ3v) is 2.26. The van der Waals surface area contributed by atoms with E-state index in [0.717, 1.165) is 12.8 Å². The van der Waals surface area contributed by atoms with E-state index >= 15 is 0 Å². The van der Waals surface area contributed by atoms with E-state index in [9.17, 15) is 13.2 Å². The number of alkyl halides is 3.